The van der Waals surface area contributed by atoms with Gasteiger partial charge in [0, 0.05) is 34.1 Å². The number of benzene rings is 5. The Morgan fingerprint density at radius 2 is 1.36 bits per heavy atom. The third-order valence-electron chi connectivity index (χ3n) is 8.02. The monoisotopic (exact) mass is 502 g/mol. The topological polar surface area (TPSA) is 41.6 Å². The molecule has 0 saturated carbocycles. The van der Waals surface area contributed by atoms with E-state index in [0.717, 1.165) is 60.7 Å². The summed E-state index contributed by atoms with van der Waals surface area (Å²) in [6.07, 6.45) is 10.7. The van der Waals surface area contributed by atoms with E-state index in [0.29, 0.717) is 0 Å². The van der Waals surface area contributed by atoms with E-state index < -0.39 is 0 Å². The van der Waals surface area contributed by atoms with Crippen molar-refractivity contribution in [1.29, 1.82) is 0 Å². The molecule has 0 radical (unpaired) electrons. The van der Waals surface area contributed by atoms with Crippen molar-refractivity contribution in [2.24, 2.45) is 0 Å². The summed E-state index contributed by atoms with van der Waals surface area (Å²) in [6.45, 7) is 0. The van der Waals surface area contributed by atoms with Crippen LogP contribution in [-0.4, -0.2) is 11.1 Å². The summed E-state index contributed by atoms with van der Waals surface area (Å²) in [5.74, 6) is 0. The summed E-state index contributed by atoms with van der Waals surface area (Å²) in [4.78, 5) is 2.19. The predicted molar refractivity (Wildman–Crippen MR) is 159 cm³/mol. The lowest BCUT2D eigenvalue weighted by molar-refractivity contribution is 0.427. The second kappa shape index (κ2) is 7.65. The first kappa shape index (κ1) is 20.8. The van der Waals surface area contributed by atoms with Crippen LogP contribution in [0.2, 0.25) is 0 Å². The van der Waals surface area contributed by atoms with Gasteiger partial charge in [-0.05, 0) is 64.4 Å². The molecule has 9 rings (SSSR count). The molecule has 4 heteroatoms. The number of allylic oxidation sites excluding steroid dienone is 2. The van der Waals surface area contributed by atoms with E-state index in [1.165, 1.54) is 16.3 Å². The summed E-state index contributed by atoms with van der Waals surface area (Å²) in [5.41, 5.74) is 7.99. The first-order valence-electron chi connectivity index (χ1n) is 13.2. The van der Waals surface area contributed by atoms with E-state index in [2.05, 4.69) is 108 Å². The quantitative estimate of drug-likeness (QED) is 0.256. The zero-order chi connectivity index (χ0) is 25.5. The van der Waals surface area contributed by atoms with E-state index >= 15 is 0 Å². The molecule has 4 heterocycles. The first-order chi connectivity index (χ1) is 19.3. The van der Waals surface area contributed by atoms with Gasteiger partial charge in [-0.15, -0.1) is 0 Å². The van der Waals surface area contributed by atoms with Gasteiger partial charge in [-0.25, -0.2) is 0 Å². The van der Waals surface area contributed by atoms with Crippen molar-refractivity contribution in [3.8, 4) is 11.1 Å². The molecule has 0 fully saturated rings. The number of hydrogen-bond acceptors (Lipinski definition) is 4. The number of hydrogen-bond donors (Lipinski definition) is 1. The Bertz CT molecular complexity index is 2230. The highest BCUT2D eigenvalue weighted by Crippen LogP contribution is 2.44. The number of nitrogens with one attached hydrogen (secondary N) is 1. The SMILES string of the molecule is C1=CC2NC(c3ccc4cc(-c5cc6c7ccccc7oc6c6c5oc5ccccc56)ccc4c3)=CN2C=C1. The van der Waals surface area contributed by atoms with Crippen molar-refractivity contribution in [2.45, 2.75) is 6.17 Å². The Balaban J connectivity index is 1.24. The van der Waals surface area contributed by atoms with Crippen molar-refractivity contribution in [2.75, 3.05) is 0 Å². The van der Waals surface area contributed by atoms with Crippen LogP contribution in [0.4, 0.5) is 0 Å². The summed E-state index contributed by atoms with van der Waals surface area (Å²) in [6, 6.07) is 32.0. The lowest BCUT2D eigenvalue weighted by Gasteiger charge is -2.20. The van der Waals surface area contributed by atoms with Crippen LogP contribution in [0.3, 0.4) is 0 Å². The summed E-state index contributed by atoms with van der Waals surface area (Å²) in [7, 11) is 0. The van der Waals surface area contributed by atoms with Gasteiger partial charge in [0.25, 0.3) is 0 Å². The molecule has 0 saturated heterocycles. The molecular weight excluding hydrogens is 480 g/mol. The van der Waals surface area contributed by atoms with Crippen molar-refractivity contribution in [3.63, 3.8) is 0 Å². The Hall–Kier alpha value is -5.22. The van der Waals surface area contributed by atoms with Gasteiger partial charge in [0.05, 0.1) is 11.1 Å². The molecule has 5 aromatic carbocycles. The normalized spacial score (nSPS) is 16.6. The maximum Gasteiger partial charge on any atom is 0.147 e. The Labute approximate surface area is 223 Å². The lowest BCUT2D eigenvalue weighted by Crippen LogP contribution is -2.31. The fraction of sp³-hybridized carbons (Fsp3) is 0.0286. The Kier molecular flexibility index (Phi) is 4.08. The molecule has 0 bridgehead atoms. The van der Waals surface area contributed by atoms with Crippen LogP contribution in [-0.2, 0) is 0 Å². The molecule has 0 spiro atoms. The van der Waals surface area contributed by atoms with Crippen LogP contribution in [0.1, 0.15) is 5.56 Å². The number of para-hydroxylation sites is 2. The van der Waals surface area contributed by atoms with Gasteiger partial charge >= 0.3 is 0 Å². The molecule has 2 aliphatic rings. The van der Waals surface area contributed by atoms with E-state index in [9.17, 15) is 0 Å². The molecule has 1 atom stereocenters. The largest absolute Gasteiger partial charge is 0.455 e. The van der Waals surface area contributed by atoms with Crippen LogP contribution >= 0.6 is 0 Å². The molecule has 7 aromatic rings. The average Bonchev–Trinajstić information content (AvgIpc) is 3.69. The van der Waals surface area contributed by atoms with Gasteiger partial charge in [0.15, 0.2) is 0 Å². The number of fused-ring (bicyclic) bond motifs is 9. The van der Waals surface area contributed by atoms with Gasteiger partial charge < -0.3 is 19.1 Å². The number of nitrogens with zero attached hydrogens (tertiary/aromatic N) is 1. The third kappa shape index (κ3) is 3.00. The van der Waals surface area contributed by atoms with Crippen LogP contribution in [0.25, 0.3) is 71.5 Å². The van der Waals surface area contributed by atoms with E-state index in [1.807, 2.05) is 24.3 Å². The number of furan rings is 2. The standard InChI is InChI=1S/C35H22N2O2/c1-3-9-30-25(7-1)28-19-27(34-33(35(28)38-30)26-8-2-4-10-31(26)39-34)23-14-12-22-18-24(15-13-21(22)17-23)29-20-37-16-6-5-11-32(37)36-29/h1-20,32,36H. The molecule has 1 unspecified atom stereocenters. The van der Waals surface area contributed by atoms with Gasteiger partial charge in [0.2, 0.25) is 0 Å². The van der Waals surface area contributed by atoms with Gasteiger partial charge in [-0.1, -0.05) is 66.7 Å². The Morgan fingerprint density at radius 1 is 0.641 bits per heavy atom. The highest BCUT2D eigenvalue weighted by Gasteiger charge is 2.23. The minimum absolute atomic E-state index is 0.184. The minimum atomic E-state index is 0.184. The molecule has 4 nitrogen and oxygen atoms in total. The summed E-state index contributed by atoms with van der Waals surface area (Å²) < 4.78 is 12.9. The van der Waals surface area contributed by atoms with Crippen LogP contribution in [0, 0.1) is 0 Å². The van der Waals surface area contributed by atoms with Crippen molar-refractivity contribution in [3.05, 3.63) is 127 Å². The summed E-state index contributed by atoms with van der Waals surface area (Å²) in [5, 5.41) is 10.3. The van der Waals surface area contributed by atoms with Crippen LogP contribution in [0.15, 0.2) is 130 Å². The molecule has 39 heavy (non-hydrogen) atoms. The maximum absolute atomic E-state index is 6.50. The van der Waals surface area contributed by atoms with Gasteiger partial charge in [-0.2, -0.15) is 0 Å². The molecule has 0 amide bonds. The van der Waals surface area contributed by atoms with Crippen molar-refractivity contribution >= 4 is 60.3 Å². The molecule has 2 aromatic heterocycles. The van der Waals surface area contributed by atoms with Crippen molar-refractivity contribution in [1.82, 2.24) is 10.2 Å². The first-order valence-corrected chi connectivity index (χ1v) is 13.2. The predicted octanol–water partition coefficient (Wildman–Crippen LogP) is 8.92. The molecule has 0 aliphatic carbocycles. The second-order valence-electron chi connectivity index (χ2n) is 10.3. The van der Waals surface area contributed by atoms with Gasteiger partial charge in [-0.3, -0.25) is 0 Å². The van der Waals surface area contributed by atoms with Crippen LogP contribution in [0.5, 0.6) is 0 Å². The van der Waals surface area contributed by atoms with E-state index in [-0.39, 0.29) is 6.17 Å². The summed E-state index contributed by atoms with van der Waals surface area (Å²) >= 11 is 0. The Morgan fingerprint density at radius 3 is 2.21 bits per heavy atom. The smallest absolute Gasteiger partial charge is 0.147 e. The fourth-order valence-corrected chi connectivity index (χ4v) is 6.12. The minimum Gasteiger partial charge on any atom is -0.455 e. The lowest BCUT2D eigenvalue weighted by atomic mass is 9.96. The molecule has 184 valence electrons. The molecular formula is C35H22N2O2. The second-order valence-corrected chi connectivity index (χ2v) is 10.3. The fourth-order valence-electron chi connectivity index (χ4n) is 6.12. The maximum atomic E-state index is 6.50. The highest BCUT2D eigenvalue weighted by molar-refractivity contribution is 6.25. The van der Waals surface area contributed by atoms with E-state index in [1.54, 1.807) is 0 Å². The molecule has 1 N–H and O–H groups in total. The average molecular weight is 503 g/mol. The third-order valence-corrected chi connectivity index (χ3v) is 8.02. The highest BCUT2D eigenvalue weighted by atomic mass is 16.3. The molecule has 2 aliphatic heterocycles. The zero-order valence-electron chi connectivity index (χ0n) is 20.9. The zero-order valence-corrected chi connectivity index (χ0v) is 20.9. The van der Waals surface area contributed by atoms with Crippen molar-refractivity contribution < 1.29 is 8.83 Å². The van der Waals surface area contributed by atoms with Gasteiger partial charge in [0.1, 0.15) is 28.5 Å². The number of rotatable bonds is 2. The van der Waals surface area contributed by atoms with E-state index in [4.69, 9.17) is 8.83 Å². The van der Waals surface area contributed by atoms with Crippen LogP contribution < -0.4 is 5.32 Å².